The maximum absolute atomic E-state index is 12.5. The van der Waals surface area contributed by atoms with Gasteiger partial charge in [0.25, 0.3) is 0 Å². The molecule has 0 amide bonds. The fourth-order valence-corrected chi connectivity index (χ4v) is 3.06. The van der Waals surface area contributed by atoms with Gasteiger partial charge in [-0.25, -0.2) is 19.7 Å². The molecule has 0 unspecified atom stereocenters. The first kappa shape index (κ1) is 21.8. The quantitative estimate of drug-likeness (QED) is 0.373. The molecule has 0 fully saturated rings. The van der Waals surface area contributed by atoms with Crippen molar-refractivity contribution >= 4 is 23.6 Å². The van der Waals surface area contributed by atoms with E-state index in [4.69, 9.17) is 4.74 Å². The largest absolute Gasteiger partial charge is 0.462 e. The third kappa shape index (κ3) is 5.85. The van der Waals surface area contributed by atoms with Gasteiger partial charge in [-0.3, -0.25) is 4.98 Å². The van der Waals surface area contributed by atoms with Gasteiger partial charge in [0.1, 0.15) is 17.2 Å². The third-order valence-corrected chi connectivity index (χ3v) is 4.64. The normalized spacial score (nSPS) is 10.5. The lowest BCUT2D eigenvalue weighted by molar-refractivity contribution is 0.0526. The van der Waals surface area contributed by atoms with Crippen molar-refractivity contribution in [2.75, 3.05) is 23.8 Å². The summed E-state index contributed by atoms with van der Waals surface area (Å²) < 4.78 is 5.16. The molecule has 3 heterocycles. The number of esters is 1. The van der Waals surface area contributed by atoms with Crippen molar-refractivity contribution in [1.29, 1.82) is 0 Å². The number of hydrogen-bond acceptors (Lipinski definition) is 9. The lowest BCUT2D eigenvalue weighted by Crippen LogP contribution is -2.12. The molecule has 9 heteroatoms. The number of nitrogens with one attached hydrogen (secondary N) is 2. The number of nitrogens with zero attached hydrogens (tertiary/aromatic N) is 5. The van der Waals surface area contributed by atoms with E-state index in [-0.39, 0.29) is 12.2 Å². The summed E-state index contributed by atoms with van der Waals surface area (Å²) in [7, 11) is 0. The number of hydrogen-bond donors (Lipinski definition) is 2. The molecule has 1 aromatic carbocycles. The average molecular weight is 441 g/mol. The maximum atomic E-state index is 12.5. The summed E-state index contributed by atoms with van der Waals surface area (Å²) in [6.07, 6.45) is 7.45. The van der Waals surface area contributed by atoms with Crippen LogP contribution in [0.25, 0.3) is 11.4 Å². The molecule has 4 rings (SSSR count). The number of aromatic nitrogens is 5. The molecule has 0 radical (unpaired) electrons. The first-order chi connectivity index (χ1) is 16.2. The van der Waals surface area contributed by atoms with Crippen LogP contribution in [0, 0.1) is 0 Å². The standard InChI is InChI=1S/C24H23N7O2/c1-2-33-23(32)19-16-28-21(18-8-4-3-5-9-18)31-22(19)29-20-11-14-27-24(30-20)26-13-10-17-7-6-12-25-15-17/h3-9,11-12,14-16H,2,10,13H2,1H3,(H2,26,27,28,29,30,31). The number of ether oxygens (including phenoxy) is 1. The number of anilines is 3. The van der Waals surface area contributed by atoms with E-state index in [0.29, 0.717) is 30.0 Å². The molecule has 0 bridgehead atoms. The second kappa shape index (κ2) is 10.8. The lowest BCUT2D eigenvalue weighted by Gasteiger charge is -2.12. The number of carbonyl (C=O) groups is 1. The highest BCUT2D eigenvalue weighted by Crippen LogP contribution is 2.23. The number of benzene rings is 1. The minimum Gasteiger partial charge on any atom is -0.462 e. The summed E-state index contributed by atoms with van der Waals surface area (Å²) in [6.45, 7) is 2.64. The van der Waals surface area contributed by atoms with Crippen LogP contribution in [0.15, 0.2) is 73.3 Å². The van der Waals surface area contributed by atoms with Crippen molar-refractivity contribution < 1.29 is 9.53 Å². The van der Waals surface area contributed by atoms with E-state index >= 15 is 0 Å². The predicted molar refractivity (Wildman–Crippen MR) is 125 cm³/mol. The summed E-state index contributed by atoms with van der Waals surface area (Å²) in [5.41, 5.74) is 2.17. The Kier molecular flexibility index (Phi) is 7.11. The molecule has 0 saturated carbocycles. The van der Waals surface area contributed by atoms with Gasteiger partial charge in [0, 0.05) is 36.9 Å². The molecule has 9 nitrogen and oxygen atoms in total. The Morgan fingerprint density at radius 3 is 2.64 bits per heavy atom. The molecule has 0 atom stereocenters. The lowest BCUT2D eigenvalue weighted by atomic mass is 10.2. The molecule has 0 aliphatic carbocycles. The first-order valence-corrected chi connectivity index (χ1v) is 10.6. The fourth-order valence-electron chi connectivity index (χ4n) is 3.06. The van der Waals surface area contributed by atoms with Gasteiger partial charge < -0.3 is 15.4 Å². The Balaban J connectivity index is 1.54. The van der Waals surface area contributed by atoms with Gasteiger partial charge in [0.05, 0.1) is 6.61 Å². The summed E-state index contributed by atoms with van der Waals surface area (Å²) in [6, 6.07) is 15.1. The van der Waals surface area contributed by atoms with E-state index < -0.39 is 5.97 Å². The van der Waals surface area contributed by atoms with Crippen LogP contribution in [0.2, 0.25) is 0 Å². The Morgan fingerprint density at radius 2 is 1.85 bits per heavy atom. The van der Waals surface area contributed by atoms with E-state index in [0.717, 1.165) is 17.5 Å². The van der Waals surface area contributed by atoms with Gasteiger partial charge in [0.2, 0.25) is 5.95 Å². The molecule has 3 aromatic heterocycles. The highest BCUT2D eigenvalue weighted by Gasteiger charge is 2.17. The van der Waals surface area contributed by atoms with Crippen LogP contribution < -0.4 is 10.6 Å². The van der Waals surface area contributed by atoms with E-state index in [1.54, 1.807) is 25.4 Å². The zero-order valence-electron chi connectivity index (χ0n) is 18.1. The minimum absolute atomic E-state index is 0.223. The highest BCUT2D eigenvalue weighted by molar-refractivity contribution is 5.95. The van der Waals surface area contributed by atoms with Gasteiger partial charge in [-0.1, -0.05) is 36.4 Å². The molecule has 166 valence electrons. The van der Waals surface area contributed by atoms with Crippen LogP contribution in [0.4, 0.5) is 17.6 Å². The summed E-state index contributed by atoms with van der Waals surface area (Å²) in [5.74, 6) is 1.22. The highest BCUT2D eigenvalue weighted by atomic mass is 16.5. The zero-order valence-corrected chi connectivity index (χ0v) is 18.1. The number of carbonyl (C=O) groups excluding carboxylic acids is 1. The summed E-state index contributed by atoms with van der Waals surface area (Å²) >= 11 is 0. The van der Waals surface area contributed by atoms with Crippen LogP contribution in [-0.2, 0) is 11.2 Å². The molecule has 0 aliphatic rings. The van der Waals surface area contributed by atoms with Gasteiger partial charge in [0.15, 0.2) is 5.82 Å². The maximum Gasteiger partial charge on any atom is 0.343 e. The van der Waals surface area contributed by atoms with E-state index in [2.05, 4.69) is 35.6 Å². The zero-order chi connectivity index (χ0) is 22.9. The van der Waals surface area contributed by atoms with Crippen molar-refractivity contribution in [2.45, 2.75) is 13.3 Å². The second-order valence-electron chi connectivity index (χ2n) is 6.97. The molecule has 4 aromatic rings. The summed E-state index contributed by atoms with van der Waals surface area (Å²) in [4.78, 5) is 34.2. The predicted octanol–water partition coefficient (Wildman–Crippen LogP) is 3.90. The fraction of sp³-hybridized carbons (Fsp3) is 0.167. The Hall–Kier alpha value is -4.40. The van der Waals surface area contributed by atoms with Gasteiger partial charge in [-0.2, -0.15) is 4.98 Å². The van der Waals surface area contributed by atoms with Crippen LogP contribution in [0.5, 0.6) is 0 Å². The van der Waals surface area contributed by atoms with E-state index in [1.807, 2.05) is 48.7 Å². The SMILES string of the molecule is CCOC(=O)c1cnc(-c2ccccc2)nc1Nc1ccnc(NCCc2cccnc2)n1. The van der Waals surface area contributed by atoms with Crippen molar-refractivity contribution in [1.82, 2.24) is 24.9 Å². The van der Waals surface area contributed by atoms with E-state index in [1.165, 1.54) is 6.20 Å². The molecule has 0 aliphatic heterocycles. The van der Waals surface area contributed by atoms with Crippen LogP contribution in [-0.4, -0.2) is 44.0 Å². The second-order valence-corrected chi connectivity index (χ2v) is 6.97. The average Bonchev–Trinajstić information content (AvgIpc) is 2.86. The summed E-state index contributed by atoms with van der Waals surface area (Å²) in [5, 5.41) is 6.32. The molecule has 33 heavy (non-hydrogen) atoms. The van der Waals surface area contributed by atoms with Crippen molar-refractivity contribution in [3.8, 4) is 11.4 Å². The Morgan fingerprint density at radius 1 is 0.970 bits per heavy atom. The smallest absolute Gasteiger partial charge is 0.343 e. The minimum atomic E-state index is -0.511. The van der Waals surface area contributed by atoms with Crippen molar-refractivity contribution in [3.05, 3.63) is 84.4 Å². The number of rotatable bonds is 9. The Labute approximate surface area is 191 Å². The molecular weight excluding hydrogens is 418 g/mol. The Bertz CT molecular complexity index is 1200. The number of pyridine rings is 1. The van der Waals surface area contributed by atoms with E-state index in [9.17, 15) is 4.79 Å². The monoisotopic (exact) mass is 441 g/mol. The molecule has 0 saturated heterocycles. The molecule has 0 spiro atoms. The molecule has 2 N–H and O–H groups in total. The van der Waals surface area contributed by atoms with Crippen LogP contribution in [0.1, 0.15) is 22.8 Å². The van der Waals surface area contributed by atoms with Crippen LogP contribution >= 0.6 is 0 Å². The van der Waals surface area contributed by atoms with Crippen molar-refractivity contribution in [3.63, 3.8) is 0 Å². The van der Waals surface area contributed by atoms with Gasteiger partial charge >= 0.3 is 5.97 Å². The molecular formula is C24H23N7O2. The topological polar surface area (TPSA) is 115 Å². The third-order valence-electron chi connectivity index (χ3n) is 4.64. The van der Waals surface area contributed by atoms with Gasteiger partial charge in [-0.05, 0) is 31.0 Å². The van der Waals surface area contributed by atoms with Gasteiger partial charge in [-0.15, -0.1) is 0 Å². The van der Waals surface area contributed by atoms with Crippen LogP contribution in [0.3, 0.4) is 0 Å². The first-order valence-electron chi connectivity index (χ1n) is 10.6. The van der Waals surface area contributed by atoms with Crippen molar-refractivity contribution in [2.24, 2.45) is 0 Å².